The number of fused-ring (bicyclic) bond motifs is 16. The number of nitrogens with zero attached hydrogens (tertiary/aromatic N) is 2. The van der Waals surface area contributed by atoms with Crippen molar-refractivity contribution in [2.24, 2.45) is 0 Å². The maximum atomic E-state index is 2.49. The lowest BCUT2D eigenvalue weighted by molar-refractivity contribution is 1.19. The van der Waals surface area contributed by atoms with Crippen LogP contribution in [-0.2, 0) is 0 Å². The zero-order chi connectivity index (χ0) is 44.9. The molecule has 12 aromatic carbocycles. The number of hydrogen-bond acceptors (Lipinski definition) is 1. The van der Waals surface area contributed by atoms with Crippen LogP contribution < -0.4 is 0 Å². The predicted molar refractivity (Wildman–Crippen MR) is 296 cm³/mol. The van der Waals surface area contributed by atoms with E-state index in [0.29, 0.717) is 0 Å². The Morgan fingerprint density at radius 3 is 1.77 bits per heavy atom. The van der Waals surface area contributed by atoms with Crippen molar-refractivity contribution in [3.63, 3.8) is 0 Å². The first-order chi connectivity index (χ1) is 34.2. The van der Waals surface area contributed by atoms with Gasteiger partial charge in [-0.3, -0.25) is 0 Å². The average molecular weight is 891 g/mol. The quantitative estimate of drug-likeness (QED) is 0.167. The Labute approximate surface area is 400 Å². The van der Waals surface area contributed by atoms with Crippen molar-refractivity contribution >= 4 is 107 Å². The van der Waals surface area contributed by atoms with E-state index < -0.39 is 0 Å². The van der Waals surface area contributed by atoms with Crippen molar-refractivity contribution in [2.45, 2.75) is 0 Å². The Hall–Kier alpha value is -8.76. The van der Waals surface area contributed by atoms with Gasteiger partial charge in [-0.1, -0.05) is 164 Å². The van der Waals surface area contributed by atoms with Crippen molar-refractivity contribution in [3.8, 4) is 55.9 Å². The molecule has 0 saturated heterocycles. The van der Waals surface area contributed by atoms with E-state index in [1.54, 1.807) is 0 Å². The number of thiophene rings is 1. The molecule has 1 aliphatic carbocycles. The number of para-hydroxylation sites is 1. The van der Waals surface area contributed by atoms with Gasteiger partial charge < -0.3 is 9.13 Å². The van der Waals surface area contributed by atoms with E-state index in [2.05, 4.69) is 240 Å². The van der Waals surface area contributed by atoms with Crippen molar-refractivity contribution in [2.75, 3.05) is 0 Å². The average Bonchev–Trinajstić information content (AvgIpc) is 4.16. The van der Waals surface area contributed by atoms with Crippen LogP contribution in [0.4, 0.5) is 0 Å². The predicted octanol–water partition coefficient (Wildman–Crippen LogP) is 18.7. The topological polar surface area (TPSA) is 9.86 Å². The summed E-state index contributed by atoms with van der Waals surface area (Å²) < 4.78 is 7.63. The van der Waals surface area contributed by atoms with Gasteiger partial charge in [0.1, 0.15) is 0 Å². The van der Waals surface area contributed by atoms with Gasteiger partial charge in [-0.05, 0) is 133 Å². The maximum absolute atomic E-state index is 2.49. The van der Waals surface area contributed by atoms with Gasteiger partial charge in [0.15, 0.2) is 0 Å². The summed E-state index contributed by atoms with van der Waals surface area (Å²) in [6.45, 7) is 0. The van der Waals surface area contributed by atoms with Gasteiger partial charge in [-0.2, -0.15) is 0 Å². The third-order valence-electron chi connectivity index (χ3n) is 15.2. The van der Waals surface area contributed by atoms with Crippen LogP contribution in [-0.4, -0.2) is 9.13 Å². The van der Waals surface area contributed by atoms with E-state index in [1.165, 1.54) is 146 Å². The van der Waals surface area contributed by atoms with E-state index in [9.17, 15) is 0 Å². The Balaban J connectivity index is 0.804. The van der Waals surface area contributed by atoms with E-state index >= 15 is 0 Å². The largest absolute Gasteiger partial charge is 0.309 e. The number of rotatable bonds is 4. The van der Waals surface area contributed by atoms with Crippen LogP contribution in [0, 0.1) is 0 Å². The summed E-state index contributed by atoms with van der Waals surface area (Å²) in [6.07, 6.45) is 0. The lowest BCUT2D eigenvalue weighted by Gasteiger charge is -2.13. The first-order valence-electron chi connectivity index (χ1n) is 23.8. The van der Waals surface area contributed by atoms with Crippen LogP contribution in [0.15, 0.2) is 231 Å². The molecule has 0 unspecified atom stereocenters. The Morgan fingerprint density at radius 1 is 0.275 bits per heavy atom. The monoisotopic (exact) mass is 890 g/mol. The highest BCUT2D eigenvalue weighted by Crippen LogP contribution is 2.51. The standard InChI is InChI=1S/C66H38N2S/c1-3-12-46-40(10-1)24-33-61-65(46)54-30-22-41-11-2-4-13-47(41)66(54)67(61)45-27-20-39(21-28-45)42-23-29-48-52-31-34-59(53-17-9-16-51(64(52)53)55(48)36-42)68-58-18-7-5-14-49(58)56-37-43(25-32-60(56)68)44-26-35-63-57(38-44)50-15-6-8-19-62(50)69-63/h1-38H. The lowest BCUT2D eigenvalue weighted by Crippen LogP contribution is -1.95. The second kappa shape index (κ2) is 13.9. The summed E-state index contributed by atoms with van der Waals surface area (Å²) in [4.78, 5) is 0. The molecule has 0 radical (unpaired) electrons. The summed E-state index contributed by atoms with van der Waals surface area (Å²) >= 11 is 1.87. The van der Waals surface area contributed by atoms with Crippen LogP contribution in [0.2, 0.25) is 0 Å². The summed E-state index contributed by atoms with van der Waals surface area (Å²) in [7, 11) is 0. The Bertz CT molecular complexity index is 4710. The molecule has 15 aromatic rings. The van der Waals surface area contributed by atoms with Crippen molar-refractivity contribution in [3.05, 3.63) is 231 Å². The maximum Gasteiger partial charge on any atom is 0.0619 e. The van der Waals surface area contributed by atoms with Gasteiger partial charge in [-0.25, -0.2) is 0 Å². The van der Waals surface area contributed by atoms with Gasteiger partial charge in [0, 0.05) is 58.2 Å². The summed E-state index contributed by atoms with van der Waals surface area (Å²) in [5.41, 5.74) is 17.3. The third-order valence-corrected chi connectivity index (χ3v) is 16.4. The van der Waals surface area contributed by atoms with Crippen LogP contribution >= 0.6 is 11.3 Å². The highest BCUT2D eigenvalue weighted by Gasteiger charge is 2.25. The molecule has 0 fully saturated rings. The minimum atomic E-state index is 1.16. The summed E-state index contributed by atoms with van der Waals surface area (Å²) in [6, 6.07) is 86.2. The molecule has 318 valence electrons. The smallest absolute Gasteiger partial charge is 0.0619 e. The zero-order valence-corrected chi connectivity index (χ0v) is 38.1. The number of benzene rings is 12. The second-order valence-electron chi connectivity index (χ2n) is 18.8. The van der Waals surface area contributed by atoms with Gasteiger partial charge in [0.25, 0.3) is 0 Å². The van der Waals surface area contributed by atoms with Crippen LogP contribution in [0.1, 0.15) is 0 Å². The van der Waals surface area contributed by atoms with E-state index in [0.717, 1.165) is 5.69 Å². The number of aromatic nitrogens is 2. The molecule has 0 amide bonds. The minimum absolute atomic E-state index is 1.16. The van der Waals surface area contributed by atoms with Crippen molar-refractivity contribution < 1.29 is 0 Å². The molecule has 3 heterocycles. The molecule has 0 bridgehead atoms. The highest BCUT2D eigenvalue weighted by molar-refractivity contribution is 7.25. The van der Waals surface area contributed by atoms with Gasteiger partial charge in [0.05, 0.1) is 27.8 Å². The Morgan fingerprint density at radius 2 is 0.884 bits per heavy atom. The SMILES string of the molecule is c1ccc2c(c1)ccc1c2c2ccc3ccccc3c2n1-c1ccc(-c2ccc3c(c2)-c2cccc4c(-n5c6ccccc6c6cc(-c7ccc8sc9ccccc9c8c7)ccc65)ccc-3c24)cc1. The molecular weight excluding hydrogens is 853 g/mol. The Kier molecular flexibility index (Phi) is 7.52. The first kappa shape index (κ1) is 37.3. The van der Waals surface area contributed by atoms with E-state index in [4.69, 9.17) is 0 Å². The molecule has 3 heteroatoms. The van der Waals surface area contributed by atoms with Gasteiger partial charge in [-0.15, -0.1) is 11.3 Å². The van der Waals surface area contributed by atoms with Crippen molar-refractivity contribution in [1.82, 2.24) is 9.13 Å². The van der Waals surface area contributed by atoms with E-state index in [-0.39, 0.29) is 0 Å². The minimum Gasteiger partial charge on any atom is -0.309 e. The first-order valence-corrected chi connectivity index (χ1v) is 24.6. The number of hydrogen-bond donors (Lipinski definition) is 0. The molecule has 0 spiro atoms. The van der Waals surface area contributed by atoms with Gasteiger partial charge >= 0.3 is 0 Å². The fourth-order valence-electron chi connectivity index (χ4n) is 12.2. The summed E-state index contributed by atoms with van der Waals surface area (Å²) in [5, 5.41) is 15.4. The van der Waals surface area contributed by atoms with Crippen LogP contribution in [0.3, 0.4) is 0 Å². The highest BCUT2D eigenvalue weighted by atomic mass is 32.1. The van der Waals surface area contributed by atoms with Crippen LogP contribution in [0.25, 0.3) is 152 Å². The van der Waals surface area contributed by atoms with Crippen LogP contribution in [0.5, 0.6) is 0 Å². The molecule has 3 aromatic heterocycles. The van der Waals surface area contributed by atoms with E-state index in [1.807, 2.05) is 11.3 Å². The van der Waals surface area contributed by atoms with Gasteiger partial charge in [0.2, 0.25) is 0 Å². The molecule has 0 N–H and O–H groups in total. The summed E-state index contributed by atoms with van der Waals surface area (Å²) in [5.74, 6) is 0. The normalized spacial score (nSPS) is 12.3. The molecule has 0 aliphatic heterocycles. The molecule has 69 heavy (non-hydrogen) atoms. The van der Waals surface area contributed by atoms with Crippen molar-refractivity contribution in [1.29, 1.82) is 0 Å². The zero-order valence-electron chi connectivity index (χ0n) is 37.2. The molecule has 0 saturated carbocycles. The third kappa shape index (κ3) is 5.20. The fourth-order valence-corrected chi connectivity index (χ4v) is 13.2. The lowest BCUT2D eigenvalue weighted by atomic mass is 9.97. The molecule has 16 rings (SSSR count). The molecule has 1 aliphatic rings. The molecule has 2 nitrogen and oxygen atoms in total. The second-order valence-corrected chi connectivity index (χ2v) is 19.8. The fraction of sp³-hybridized carbons (Fsp3) is 0. The molecule has 0 atom stereocenters. The molecular formula is C66H38N2S.